The van der Waals surface area contributed by atoms with Gasteiger partial charge in [-0.3, -0.25) is 19.1 Å². The van der Waals surface area contributed by atoms with E-state index in [1.54, 1.807) is 48.0 Å². The van der Waals surface area contributed by atoms with Crippen molar-refractivity contribution in [2.45, 2.75) is 0 Å². The number of amides is 1. The molecule has 1 saturated heterocycles. The van der Waals surface area contributed by atoms with Crippen molar-refractivity contribution < 1.29 is 14.3 Å². The Labute approximate surface area is 145 Å². The number of ketones is 1. The zero-order valence-electron chi connectivity index (χ0n) is 14.3. The third-order valence-electron chi connectivity index (χ3n) is 3.87. The first-order valence-electron chi connectivity index (χ1n) is 7.72. The smallest absolute Gasteiger partial charge is 0.410 e. The van der Waals surface area contributed by atoms with Crippen molar-refractivity contribution in [3.63, 3.8) is 0 Å². The molecule has 3 heterocycles. The summed E-state index contributed by atoms with van der Waals surface area (Å²) in [6.07, 6.45) is 9.98. The summed E-state index contributed by atoms with van der Waals surface area (Å²) in [4.78, 5) is 26.3. The molecular formula is C17H19N5O3. The van der Waals surface area contributed by atoms with Crippen LogP contribution in [0.5, 0.6) is 0 Å². The second kappa shape index (κ2) is 6.76. The van der Waals surface area contributed by atoms with Crippen LogP contribution >= 0.6 is 0 Å². The molecule has 0 aliphatic carbocycles. The average Bonchev–Trinajstić information content (AvgIpc) is 3.18. The lowest BCUT2D eigenvalue weighted by Gasteiger charge is -2.28. The molecule has 0 saturated carbocycles. The second-order valence-electron chi connectivity index (χ2n) is 5.89. The van der Waals surface area contributed by atoms with E-state index in [-0.39, 0.29) is 18.9 Å². The first-order valence-corrected chi connectivity index (χ1v) is 7.72. The van der Waals surface area contributed by atoms with E-state index in [9.17, 15) is 9.59 Å². The van der Waals surface area contributed by atoms with Crippen molar-refractivity contribution in [2.24, 2.45) is 14.1 Å². The summed E-state index contributed by atoms with van der Waals surface area (Å²) in [5.74, 6) is -0.0899. The van der Waals surface area contributed by atoms with Crippen LogP contribution in [0.25, 0.3) is 12.2 Å². The summed E-state index contributed by atoms with van der Waals surface area (Å²) < 4.78 is 8.13. The van der Waals surface area contributed by atoms with E-state index in [0.29, 0.717) is 11.1 Å². The van der Waals surface area contributed by atoms with E-state index in [1.165, 1.54) is 12.0 Å². The number of carbonyl (C=O) groups excluding carboxylic acids is 2. The zero-order chi connectivity index (χ0) is 18.0. The van der Waals surface area contributed by atoms with Crippen molar-refractivity contribution in [1.29, 1.82) is 0 Å². The molecule has 2 aromatic rings. The van der Waals surface area contributed by atoms with Gasteiger partial charge < -0.3 is 4.74 Å². The lowest BCUT2D eigenvalue weighted by atomic mass is 9.95. The quantitative estimate of drug-likeness (QED) is 0.768. The van der Waals surface area contributed by atoms with Crippen molar-refractivity contribution in [3.05, 3.63) is 47.1 Å². The molecule has 1 fully saturated rings. The van der Waals surface area contributed by atoms with Crippen LogP contribution in [0.1, 0.15) is 11.1 Å². The molecule has 0 aromatic carbocycles. The van der Waals surface area contributed by atoms with Crippen LogP contribution in [-0.2, 0) is 23.6 Å². The maximum absolute atomic E-state index is 12.8. The Morgan fingerprint density at radius 3 is 1.88 bits per heavy atom. The molecule has 0 radical (unpaired) electrons. The monoisotopic (exact) mass is 341 g/mol. The average molecular weight is 341 g/mol. The Morgan fingerprint density at radius 1 is 1.04 bits per heavy atom. The zero-order valence-corrected chi connectivity index (χ0v) is 14.3. The van der Waals surface area contributed by atoms with Gasteiger partial charge in [-0.25, -0.2) is 4.79 Å². The van der Waals surface area contributed by atoms with E-state index in [4.69, 9.17) is 4.74 Å². The van der Waals surface area contributed by atoms with Gasteiger partial charge in [0.15, 0.2) is 5.78 Å². The lowest BCUT2D eigenvalue weighted by Crippen LogP contribution is -2.41. The van der Waals surface area contributed by atoms with Crippen molar-refractivity contribution in [1.82, 2.24) is 24.5 Å². The summed E-state index contributed by atoms with van der Waals surface area (Å²) in [5, 5.41) is 8.19. The Bertz CT molecular complexity index is 812. The van der Waals surface area contributed by atoms with Crippen LogP contribution in [0.4, 0.5) is 4.79 Å². The molecule has 8 nitrogen and oxygen atoms in total. The predicted octanol–water partition coefficient (Wildman–Crippen LogP) is 1.27. The molecular weight excluding hydrogens is 322 g/mol. The fourth-order valence-electron chi connectivity index (χ4n) is 2.73. The van der Waals surface area contributed by atoms with Gasteiger partial charge in [-0.05, 0) is 12.2 Å². The number of aryl methyl sites for hydroxylation is 2. The number of Topliss-reactive ketones (excluding diaryl/α,β-unsaturated/α-hetero) is 1. The summed E-state index contributed by atoms with van der Waals surface area (Å²) in [6, 6.07) is 0. The first-order chi connectivity index (χ1) is 12.0. The number of rotatable bonds is 2. The molecule has 3 rings (SSSR count). The van der Waals surface area contributed by atoms with Gasteiger partial charge in [0.2, 0.25) is 0 Å². The summed E-state index contributed by atoms with van der Waals surface area (Å²) in [6.45, 7) is 0.398. The Morgan fingerprint density at radius 2 is 1.52 bits per heavy atom. The van der Waals surface area contributed by atoms with Crippen LogP contribution in [0.15, 0.2) is 35.9 Å². The molecule has 25 heavy (non-hydrogen) atoms. The van der Waals surface area contributed by atoms with Crippen LogP contribution in [0, 0.1) is 0 Å². The van der Waals surface area contributed by atoms with E-state index in [1.807, 2.05) is 12.4 Å². The normalized spacial score (nSPS) is 18.2. The minimum absolute atomic E-state index is 0.0899. The van der Waals surface area contributed by atoms with Gasteiger partial charge in [0.1, 0.15) is 0 Å². The lowest BCUT2D eigenvalue weighted by molar-refractivity contribution is -0.113. The highest BCUT2D eigenvalue weighted by molar-refractivity contribution is 6.15. The molecule has 2 aromatic heterocycles. The molecule has 0 atom stereocenters. The standard InChI is InChI=1S/C17H19N5O3/c1-20-8-12(6-18-20)4-14-10-22(17(24)25-3)11-15(16(14)23)5-13-7-19-21(2)9-13/h4-9H,10-11H2,1-3H3. The third kappa shape index (κ3) is 3.68. The number of hydrogen-bond acceptors (Lipinski definition) is 5. The van der Waals surface area contributed by atoms with Gasteiger partial charge >= 0.3 is 6.09 Å². The minimum Gasteiger partial charge on any atom is -0.453 e. The van der Waals surface area contributed by atoms with Crippen LogP contribution in [-0.4, -0.2) is 56.5 Å². The number of likely N-dealkylation sites (tertiary alicyclic amines) is 1. The molecule has 0 bridgehead atoms. The van der Waals surface area contributed by atoms with Crippen molar-refractivity contribution in [2.75, 3.05) is 20.2 Å². The fraction of sp³-hybridized carbons (Fsp3) is 0.294. The van der Waals surface area contributed by atoms with Gasteiger partial charge in [-0.15, -0.1) is 0 Å². The van der Waals surface area contributed by atoms with Gasteiger partial charge in [0.05, 0.1) is 32.6 Å². The summed E-state index contributed by atoms with van der Waals surface area (Å²) in [5.41, 5.74) is 2.64. The highest BCUT2D eigenvalue weighted by Gasteiger charge is 2.29. The number of nitrogens with zero attached hydrogens (tertiary/aromatic N) is 5. The highest BCUT2D eigenvalue weighted by Crippen LogP contribution is 2.22. The number of hydrogen-bond donors (Lipinski definition) is 0. The molecule has 1 amide bonds. The molecule has 0 spiro atoms. The van der Waals surface area contributed by atoms with Gasteiger partial charge in [-0.2, -0.15) is 10.2 Å². The molecule has 1 aliphatic rings. The number of methoxy groups -OCH3 is 1. The van der Waals surface area contributed by atoms with E-state index in [2.05, 4.69) is 10.2 Å². The number of aromatic nitrogens is 4. The number of piperidine rings is 1. The minimum atomic E-state index is -0.471. The highest BCUT2D eigenvalue weighted by atomic mass is 16.5. The van der Waals surface area contributed by atoms with Crippen molar-refractivity contribution in [3.8, 4) is 0 Å². The molecule has 8 heteroatoms. The molecule has 1 aliphatic heterocycles. The molecule has 0 N–H and O–H groups in total. The maximum Gasteiger partial charge on any atom is 0.410 e. The maximum atomic E-state index is 12.8. The van der Waals surface area contributed by atoms with Crippen LogP contribution in [0.3, 0.4) is 0 Å². The van der Waals surface area contributed by atoms with Crippen LogP contribution in [0.2, 0.25) is 0 Å². The summed E-state index contributed by atoms with van der Waals surface area (Å²) >= 11 is 0. The SMILES string of the molecule is COC(=O)N1CC(=Cc2cnn(C)c2)C(=O)C(=Cc2cnn(C)c2)C1. The Balaban J connectivity index is 1.97. The Kier molecular flexibility index (Phi) is 4.51. The Hall–Kier alpha value is -3.16. The van der Waals surface area contributed by atoms with Crippen LogP contribution < -0.4 is 0 Å². The number of carbonyl (C=O) groups is 2. The third-order valence-corrected chi connectivity index (χ3v) is 3.87. The van der Waals surface area contributed by atoms with Crippen molar-refractivity contribution >= 4 is 24.0 Å². The second-order valence-corrected chi connectivity index (χ2v) is 5.89. The first kappa shape index (κ1) is 16.7. The van der Waals surface area contributed by atoms with Gasteiger partial charge in [0.25, 0.3) is 0 Å². The van der Waals surface area contributed by atoms with E-state index in [0.717, 1.165) is 11.1 Å². The van der Waals surface area contributed by atoms with E-state index >= 15 is 0 Å². The molecule has 130 valence electrons. The van der Waals surface area contributed by atoms with Gasteiger partial charge in [0, 0.05) is 48.8 Å². The summed E-state index contributed by atoms with van der Waals surface area (Å²) in [7, 11) is 4.94. The predicted molar refractivity (Wildman–Crippen MR) is 91.4 cm³/mol. The van der Waals surface area contributed by atoms with E-state index < -0.39 is 6.09 Å². The molecule has 0 unspecified atom stereocenters. The fourth-order valence-corrected chi connectivity index (χ4v) is 2.73. The van der Waals surface area contributed by atoms with Gasteiger partial charge in [-0.1, -0.05) is 0 Å². The number of ether oxygens (including phenoxy) is 1. The topological polar surface area (TPSA) is 82.2 Å². The largest absolute Gasteiger partial charge is 0.453 e.